The molecule has 0 unspecified atom stereocenters. The molecule has 1 rings (SSSR count). The fourth-order valence-electron chi connectivity index (χ4n) is 1.26. The molecule has 0 spiro atoms. The summed E-state index contributed by atoms with van der Waals surface area (Å²) in [5.74, 6) is -0.188. The van der Waals surface area contributed by atoms with Gasteiger partial charge in [-0.3, -0.25) is 0 Å². The van der Waals surface area contributed by atoms with Crippen molar-refractivity contribution in [2.24, 2.45) is 5.73 Å². The molecule has 16 heavy (non-hydrogen) atoms. The number of nitrogens with two attached hydrogens (primary N) is 1. The van der Waals surface area contributed by atoms with Gasteiger partial charge < -0.3 is 16.2 Å². The molecule has 0 amide bonds. The molecule has 0 radical (unpaired) electrons. The van der Waals surface area contributed by atoms with Crippen molar-refractivity contribution in [2.45, 2.75) is 19.8 Å². The van der Waals surface area contributed by atoms with Crippen molar-refractivity contribution in [1.29, 1.82) is 0 Å². The topological polar surface area (TPSA) is 88.2 Å². The highest BCUT2D eigenvalue weighted by molar-refractivity contribution is 5.88. The highest BCUT2D eigenvalue weighted by Gasteiger charge is 2.10. The number of anilines is 1. The number of nitrogens with zero attached hydrogens (tertiary/aromatic N) is 1. The lowest BCUT2D eigenvalue weighted by atomic mass is 10.1. The summed E-state index contributed by atoms with van der Waals surface area (Å²) < 4.78 is 0. The fourth-order valence-corrected chi connectivity index (χ4v) is 1.26. The van der Waals surface area contributed by atoms with Gasteiger partial charge in [-0.2, -0.15) is 0 Å². The molecule has 5 nitrogen and oxygen atoms in total. The molecule has 88 valence electrons. The molecule has 0 atom stereocenters. The number of carboxylic acids is 1. The second-order valence-corrected chi connectivity index (χ2v) is 3.84. The van der Waals surface area contributed by atoms with Gasteiger partial charge in [-0.15, -0.1) is 0 Å². The Morgan fingerprint density at radius 2 is 2.25 bits per heavy atom. The summed E-state index contributed by atoms with van der Waals surface area (Å²) in [6.07, 6.45) is 0. The van der Waals surface area contributed by atoms with Crippen molar-refractivity contribution in [3.63, 3.8) is 0 Å². The highest BCUT2D eigenvalue weighted by atomic mass is 16.4. The predicted octanol–water partition coefficient (Wildman–Crippen LogP) is 1.27. The molecule has 0 aromatic carbocycles. The number of aromatic nitrogens is 1. The van der Waals surface area contributed by atoms with Crippen LogP contribution in [-0.2, 0) is 0 Å². The molecule has 0 aliphatic rings. The average Bonchev–Trinajstić information content (AvgIpc) is 2.25. The minimum Gasteiger partial charge on any atom is -0.478 e. The van der Waals surface area contributed by atoms with Gasteiger partial charge in [0.15, 0.2) is 0 Å². The molecule has 0 aliphatic carbocycles. The van der Waals surface area contributed by atoms with Crippen LogP contribution < -0.4 is 11.1 Å². The zero-order chi connectivity index (χ0) is 12.1. The third-order valence-corrected chi connectivity index (χ3v) is 2.13. The molecular weight excluding hydrogens is 206 g/mol. The lowest BCUT2D eigenvalue weighted by Crippen LogP contribution is -2.15. The van der Waals surface area contributed by atoms with Gasteiger partial charge in [-0.25, -0.2) is 9.78 Å². The van der Waals surface area contributed by atoms with E-state index in [9.17, 15) is 4.79 Å². The Bertz CT molecular complexity index is 377. The molecule has 4 N–H and O–H groups in total. The van der Waals surface area contributed by atoms with Crippen LogP contribution >= 0.6 is 0 Å². The maximum atomic E-state index is 10.9. The average molecular weight is 223 g/mol. The van der Waals surface area contributed by atoms with Crippen LogP contribution in [0.25, 0.3) is 0 Å². The molecular formula is C11H17N3O2. The number of hydrogen-bond donors (Lipinski definition) is 3. The van der Waals surface area contributed by atoms with E-state index in [-0.39, 0.29) is 11.5 Å². The first-order valence-electron chi connectivity index (χ1n) is 5.23. The number of nitrogens with one attached hydrogen (secondary N) is 1. The van der Waals surface area contributed by atoms with E-state index in [0.717, 1.165) is 5.69 Å². The van der Waals surface area contributed by atoms with E-state index in [4.69, 9.17) is 10.8 Å². The highest BCUT2D eigenvalue weighted by Crippen LogP contribution is 2.17. The molecule has 0 fully saturated rings. The van der Waals surface area contributed by atoms with Crippen LogP contribution in [0.4, 0.5) is 5.82 Å². The number of rotatable bonds is 5. The Balaban J connectivity index is 3.03. The molecule has 0 saturated heterocycles. The molecule has 1 aromatic heterocycles. The van der Waals surface area contributed by atoms with Crippen molar-refractivity contribution in [2.75, 3.05) is 18.4 Å². The molecule has 1 heterocycles. The van der Waals surface area contributed by atoms with Crippen molar-refractivity contribution >= 4 is 11.8 Å². The number of hydrogen-bond acceptors (Lipinski definition) is 4. The summed E-state index contributed by atoms with van der Waals surface area (Å²) in [4.78, 5) is 15.2. The van der Waals surface area contributed by atoms with E-state index in [2.05, 4.69) is 10.3 Å². The number of aromatic carboxylic acids is 1. The van der Waals surface area contributed by atoms with Crippen LogP contribution in [0.15, 0.2) is 12.1 Å². The smallest absolute Gasteiger partial charge is 0.335 e. The van der Waals surface area contributed by atoms with Gasteiger partial charge in [0.05, 0.1) is 5.56 Å². The Labute approximate surface area is 94.7 Å². The largest absolute Gasteiger partial charge is 0.478 e. The number of carbonyl (C=O) groups is 1. The van der Waals surface area contributed by atoms with E-state index in [1.807, 2.05) is 13.8 Å². The van der Waals surface area contributed by atoms with Gasteiger partial charge in [-0.1, -0.05) is 13.8 Å². The van der Waals surface area contributed by atoms with E-state index in [1.165, 1.54) is 6.07 Å². The van der Waals surface area contributed by atoms with Crippen LogP contribution in [0.2, 0.25) is 0 Å². The summed E-state index contributed by atoms with van der Waals surface area (Å²) >= 11 is 0. The van der Waals surface area contributed by atoms with Crippen LogP contribution in [-0.4, -0.2) is 29.1 Å². The van der Waals surface area contributed by atoms with Crippen LogP contribution in [0.1, 0.15) is 35.8 Å². The van der Waals surface area contributed by atoms with Gasteiger partial charge in [-0.05, 0) is 18.1 Å². The van der Waals surface area contributed by atoms with E-state index in [1.54, 1.807) is 6.07 Å². The monoisotopic (exact) mass is 223 g/mol. The number of carboxylic acid groups (broad SMARTS) is 1. The summed E-state index contributed by atoms with van der Waals surface area (Å²) in [5.41, 5.74) is 6.38. The molecule has 0 bridgehead atoms. The Morgan fingerprint density at radius 1 is 1.56 bits per heavy atom. The zero-order valence-electron chi connectivity index (χ0n) is 9.53. The molecule has 5 heteroatoms. The minimum atomic E-state index is -0.944. The Kier molecular flexibility index (Phi) is 4.25. The molecule has 1 aromatic rings. The SMILES string of the molecule is CC(C)c1cc(C(=O)O)cc(NCCN)n1. The summed E-state index contributed by atoms with van der Waals surface area (Å²) in [6, 6.07) is 3.12. The second-order valence-electron chi connectivity index (χ2n) is 3.84. The van der Waals surface area contributed by atoms with Crippen molar-refractivity contribution < 1.29 is 9.90 Å². The second kappa shape index (κ2) is 5.46. The fraction of sp³-hybridized carbons (Fsp3) is 0.455. The summed E-state index contributed by atoms with van der Waals surface area (Å²) in [7, 11) is 0. The van der Waals surface area contributed by atoms with Crippen LogP contribution in [0, 0.1) is 0 Å². The van der Waals surface area contributed by atoms with Gasteiger partial charge in [0, 0.05) is 18.8 Å². The molecule has 0 aliphatic heterocycles. The van der Waals surface area contributed by atoms with Gasteiger partial charge in [0.2, 0.25) is 0 Å². The lowest BCUT2D eigenvalue weighted by molar-refractivity contribution is 0.0696. The first-order chi connectivity index (χ1) is 7.54. The first kappa shape index (κ1) is 12.4. The Morgan fingerprint density at radius 3 is 2.75 bits per heavy atom. The summed E-state index contributed by atoms with van der Waals surface area (Å²) in [6.45, 7) is 5.00. The quantitative estimate of drug-likeness (QED) is 0.699. The molecule has 0 saturated carbocycles. The normalized spacial score (nSPS) is 10.5. The standard InChI is InChI=1S/C11H17N3O2/c1-7(2)9-5-8(11(15)16)6-10(14-9)13-4-3-12/h5-7H,3-4,12H2,1-2H3,(H,13,14)(H,15,16). The maximum absolute atomic E-state index is 10.9. The van der Waals surface area contributed by atoms with E-state index >= 15 is 0 Å². The maximum Gasteiger partial charge on any atom is 0.335 e. The summed E-state index contributed by atoms with van der Waals surface area (Å²) in [5, 5.41) is 11.9. The third kappa shape index (κ3) is 3.20. The number of pyridine rings is 1. The van der Waals surface area contributed by atoms with Crippen LogP contribution in [0.5, 0.6) is 0 Å². The first-order valence-corrected chi connectivity index (χ1v) is 5.23. The predicted molar refractivity (Wildman–Crippen MR) is 62.8 cm³/mol. The van der Waals surface area contributed by atoms with Crippen molar-refractivity contribution in [3.8, 4) is 0 Å². The van der Waals surface area contributed by atoms with Crippen molar-refractivity contribution in [1.82, 2.24) is 4.98 Å². The third-order valence-electron chi connectivity index (χ3n) is 2.13. The Hall–Kier alpha value is -1.62. The van der Waals surface area contributed by atoms with Crippen LogP contribution in [0.3, 0.4) is 0 Å². The van der Waals surface area contributed by atoms with E-state index in [0.29, 0.717) is 18.9 Å². The lowest BCUT2D eigenvalue weighted by Gasteiger charge is -2.10. The van der Waals surface area contributed by atoms with Gasteiger partial charge in [0.25, 0.3) is 0 Å². The van der Waals surface area contributed by atoms with E-state index < -0.39 is 5.97 Å². The zero-order valence-corrected chi connectivity index (χ0v) is 9.53. The minimum absolute atomic E-state index is 0.192. The van der Waals surface area contributed by atoms with Gasteiger partial charge in [0.1, 0.15) is 5.82 Å². The van der Waals surface area contributed by atoms with Crippen molar-refractivity contribution in [3.05, 3.63) is 23.4 Å². The van der Waals surface area contributed by atoms with Gasteiger partial charge >= 0.3 is 5.97 Å².